The van der Waals surface area contributed by atoms with E-state index in [1.165, 1.54) is 37.9 Å². The van der Waals surface area contributed by atoms with E-state index in [1.807, 2.05) is 0 Å². The smallest absolute Gasteiger partial charge is 0.315 e. The Kier molecular flexibility index (Phi) is 7.99. The number of hydrogen-bond donors (Lipinski definition) is 2. The molecule has 1 heterocycles. The molecule has 2 amide bonds. The molecular weight excluding hydrogens is 373 g/mol. The van der Waals surface area contributed by atoms with Crippen LogP contribution in [0.15, 0.2) is 22.7 Å². The Balaban J connectivity index is 1.56. The van der Waals surface area contributed by atoms with Gasteiger partial charge in [-0.05, 0) is 63.4 Å². The van der Waals surface area contributed by atoms with Gasteiger partial charge in [-0.2, -0.15) is 0 Å². The van der Waals surface area contributed by atoms with Crippen LogP contribution in [-0.2, 0) is 6.54 Å². The number of carbonyl (C=O) groups is 1. The van der Waals surface area contributed by atoms with Crippen LogP contribution < -0.4 is 10.6 Å². The molecule has 1 fully saturated rings. The van der Waals surface area contributed by atoms with Crippen LogP contribution in [0.3, 0.4) is 0 Å². The lowest BCUT2D eigenvalue weighted by molar-refractivity contribution is 0.158. The van der Waals surface area contributed by atoms with Crippen LogP contribution in [-0.4, -0.2) is 36.6 Å². The summed E-state index contributed by atoms with van der Waals surface area (Å²) in [4.78, 5) is 14.3. The fraction of sp³-hybridized carbons (Fsp3) is 0.611. The molecule has 1 aromatic rings. The number of hydrogen-bond acceptors (Lipinski definition) is 2. The van der Waals surface area contributed by atoms with E-state index >= 15 is 0 Å². The van der Waals surface area contributed by atoms with Gasteiger partial charge in [-0.1, -0.05) is 28.4 Å². The van der Waals surface area contributed by atoms with E-state index < -0.39 is 0 Å². The standard InChI is InChI=1S/C18H27BrFN3O/c1-14-6-2-4-10-23(14)11-5-3-9-21-18(24)22-13-15-7-8-16(20)12-17(15)19/h7-8,12,14H,2-6,9-11,13H2,1H3,(H2,21,22,24)/t14-/m0/s1. The van der Waals surface area contributed by atoms with Crippen LogP contribution in [0.2, 0.25) is 0 Å². The van der Waals surface area contributed by atoms with E-state index in [9.17, 15) is 9.18 Å². The van der Waals surface area contributed by atoms with Gasteiger partial charge in [0.25, 0.3) is 0 Å². The van der Waals surface area contributed by atoms with Gasteiger partial charge in [0.1, 0.15) is 5.82 Å². The van der Waals surface area contributed by atoms with Crippen molar-refractivity contribution >= 4 is 22.0 Å². The minimum absolute atomic E-state index is 0.183. The van der Waals surface area contributed by atoms with Crippen molar-refractivity contribution in [2.45, 2.75) is 51.6 Å². The number of nitrogens with zero attached hydrogens (tertiary/aromatic N) is 1. The molecule has 4 nitrogen and oxygen atoms in total. The molecule has 0 radical (unpaired) electrons. The molecular formula is C18H27BrFN3O. The lowest BCUT2D eigenvalue weighted by Crippen LogP contribution is -2.38. The van der Waals surface area contributed by atoms with Crippen molar-refractivity contribution in [2.75, 3.05) is 19.6 Å². The first-order chi connectivity index (χ1) is 11.6. The maximum atomic E-state index is 13.0. The molecule has 1 aliphatic heterocycles. The maximum absolute atomic E-state index is 13.0. The molecule has 2 N–H and O–H groups in total. The van der Waals surface area contributed by atoms with E-state index in [1.54, 1.807) is 6.07 Å². The Bertz CT molecular complexity index is 541. The largest absolute Gasteiger partial charge is 0.338 e. The molecule has 6 heteroatoms. The van der Waals surface area contributed by atoms with Gasteiger partial charge in [-0.15, -0.1) is 0 Å². The number of rotatable bonds is 7. The van der Waals surface area contributed by atoms with Gasteiger partial charge in [0.15, 0.2) is 0 Å². The number of piperidine rings is 1. The van der Waals surface area contributed by atoms with Crippen LogP contribution in [0.4, 0.5) is 9.18 Å². The van der Waals surface area contributed by atoms with E-state index in [2.05, 4.69) is 38.4 Å². The molecule has 0 aromatic heterocycles. The predicted octanol–water partition coefficient (Wildman–Crippen LogP) is 4.04. The number of amides is 2. The Labute approximate surface area is 152 Å². The molecule has 1 saturated heterocycles. The summed E-state index contributed by atoms with van der Waals surface area (Å²) in [5, 5.41) is 5.67. The van der Waals surface area contributed by atoms with Crippen LogP contribution in [0.25, 0.3) is 0 Å². The SMILES string of the molecule is C[C@H]1CCCCN1CCCCNC(=O)NCc1ccc(F)cc1Br. The zero-order valence-corrected chi connectivity index (χ0v) is 15.9. The second-order valence-corrected chi connectivity index (χ2v) is 7.29. The summed E-state index contributed by atoms with van der Waals surface area (Å²) in [6.45, 7) is 5.68. The highest BCUT2D eigenvalue weighted by Gasteiger charge is 2.16. The van der Waals surface area contributed by atoms with Crippen molar-refractivity contribution in [3.8, 4) is 0 Å². The lowest BCUT2D eigenvalue weighted by Gasteiger charge is -2.33. The van der Waals surface area contributed by atoms with Crippen molar-refractivity contribution in [3.63, 3.8) is 0 Å². The molecule has 1 aliphatic rings. The number of benzene rings is 1. The normalized spacial score (nSPS) is 18.4. The van der Waals surface area contributed by atoms with Crippen LogP contribution in [0, 0.1) is 5.82 Å². The van der Waals surface area contributed by atoms with Gasteiger partial charge >= 0.3 is 6.03 Å². The molecule has 0 unspecified atom stereocenters. The van der Waals surface area contributed by atoms with Crippen molar-refractivity contribution in [1.82, 2.24) is 15.5 Å². The fourth-order valence-electron chi connectivity index (χ4n) is 3.03. The molecule has 24 heavy (non-hydrogen) atoms. The summed E-state index contributed by atoms with van der Waals surface area (Å²) >= 11 is 3.30. The molecule has 0 bridgehead atoms. The Morgan fingerprint density at radius 1 is 1.33 bits per heavy atom. The summed E-state index contributed by atoms with van der Waals surface area (Å²) in [6, 6.07) is 4.97. The summed E-state index contributed by atoms with van der Waals surface area (Å²) in [6.07, 6.45) is 6.05. The minimum Gasteiger partial charge on any atom is -0.338 e. The first-order valence-electron chi connectivity index (χ1n) is 8.76. The Hall–Kier alpha value is -1.14. The third-order valence-corrected chi connectivity index (χ3v) is 5.29. The number of nitrogens with one attached hydrogen (secondary N) is 2. The highest BCUT2D eigenvalue weighted by atomic mass is 79.9. The van der Waals surface area contributed by atoms with Gasteiger partial charge < -0.3 is 15.5 Å². The Morgan fingerprint density at radius 3 is 2.92 bits per heavy atom. The quantitative estimate of drug-likeness (QED) is 0.679. The number of likely N-dealkylation sites (tertiary alicyclic amines) is 1. The van der Waals surface area contributed by atoms with Crippen molar-refractivity contribution in [3.05, 3.63) is 34.1 Å². The lowest BCUT2D eigenvalue weighted by atomic mass is 10.0. The summed E-state index contributed by atoms with van der Waals surface area (Å²) in [5.74, 6) is -0.293. The highest BCUT2D eigenvalue weighted by Crippen LogP contribution is 2.18. The van der Waals surface area contributed by atoms with Gasteiger partial charge in [0.05, 0.1) is 0 Å². The van der Waals surface area contributed by atoms with Crippen molar-refractivity contribution in [1.29, 1.82) is 0 Å². The topological polar surface area (TPSA) is 44.4 Å². The van der Waals surface area contributed by atoms with Gasteiger partial charge in [-0.3, -0.25) is 0 Å². The van der Waals surface area contributed by atoms with E-state index in [0.717, 1.165) is 24.9 Å². The molecule has 134 valence electrons. The summed E-state index contributed by atoms with van der Waals surface area (Å²) < 4.78 is 13.7. The molecule has 2 rings (SSSR count). The number of urea groups is 1. The zero-order chi connectivity index (χ0) is 17.4. The van der Waals surface area contributed by atoms with Crippen molar-refractivity contribution < 1.29 is 9.18 Å². The summed E-state index contributed by atoms with van der Waals surface area (Å²) in [7, 11) is 0. The average molecular weight is 400 g/mol. The molecule has 0 aliphatic carbocycles. The minimum atomic E-state index is -0.293. The first-order valence-corrected chi connectivity index (χ1v) is 9.55. The molecule has 1 atom stereocenters. The first kappa shape index (κ1) is 19.2. The van der Waals surface area contributed by atoms with Gasteiger partial charge in [-0.25, -0.2) is 9.18 Å². The Morgan fingerprint density at radius 2 is 2.17 bits per heavy atom. The van der Waals surface area contributed by atoms with E-state index in [4.69, 9.17) is 0 Å². The molecule has 0 spiro atoms. The predicted molar refractivity (Wildman–Crippen MR) is 98.5 cm³/mol. The molecule has 1 aromatic carbocycles. The second kappa shape index (κ2) is 9.99. The number of carbonyl (C=O) groups excluding carboxylic acids is 1. The third-order valence-electron chi connectivity index (χ3n) is 4.55. The summed E-state index contributed by atoms with van der Waals surface area (Å²) in [5.41, 5.74) is 0.852. The maximum Gasteiger partial charge on any atom is 0.315 e. The van der Waals surface area contributed by atoms with Crippen LogP contribution in [0.5, 0.6) is 0 Å². The monoisotopic (exact) mass is 399 g/mol. The number of unbranched alkanes of at least 4 members (excludes halogenated alkanes) is 1. The fourth-order valence-corrected chi connectivity index (χ4v) is 3.53. The van der Waals surface area contributed by atoms with E-state index in [-0.39, 0.29) is 11.8 Å². The molecule has 0 saturated carbocycles. The highest BCUT2D eigenvalue weighted by molar-refractivity contribution is 9.10. The average Bonchev–Trinajstić information content (AvgIpc) is 2.55. The van der Waals surface area contributed by atoms with Crippen molar-refractivity contribution in [2.24, 2.45) is 0 Å². The van der Waals surface area contributed by atoms with Gasteiger partial charge in [0, 0.05) is 23.6 Å². The second-order valence-electron chi connectivity index (χ2n) is 6.43. The third kappa shape index (κ3) is 6.40. The van der Waals surface area contributed by atoms with Gasteiger partial charge in [0.2, 0.25) is 0 Å². The zero-order valence-electron chi connectivity index (χ0n) is 14.3. The van der Waals surface area contributed by atoms with Crippen LogP contribution >= 0.6 is 15.9 Å². The van der Waals surface area contributed by atoms with E-state index in [0.29, 0.717) is 23.6 Å². The van der Waals surface area contributed by atoms with Crippen LogP contribution in [0.1, 0.15) is 44.6 Å². The number of halogens is 2.